The van der Waals surface area contributed by atoms with E-state index in [1.54, 1.807) is 37.1 Å². The molecule has 2 aromatic heterocycles. The minimum Gasteiger partial charge on any atom is -0.497 e. The van der Waals surface area contributed by atoms with E-state index in [1.165, 1.54) is 0 Å². The van der Waals surface area contributed by atoms with Crippen molar-refractivity contribution in [2.75, 3.05) is 20.2 Å². The van der Waals surface area contributed by atoms with Crippen LogP contribution >= 0.6 is 23.2 Å². The fraction of sp³-hybridized carbons (Fsp3) is 0.280. The zero-order valence-corrected chi connectivity index (χ0v) is 20.6. The third-order valence-electron chi connectivity index (χ3n) is 6.20. The van der Waals surface area contributed by atoms with E-state index < -0.39 is 0 Å². The van der Waals surface area contributed by atoms with E-state index in [9.17, 15) is 4.79 Å². The molecule has 0 unspecified atom stereocenters. The van der Waals surface area contributed by atoms with Crippen LogP contribution in [0.4, 0.5) is 0 Å². The van der Waals surface area contributed by atoms with Gasteiger partial charge in [-0.2, -0.15) is 4.98 Å². The van der Waals surface area contributed by atoms with Crippen LogP contribution in [0.5, 0.6) is 5.75 Å². The number of amides is 1. The van der Waals surface area contributed by atoms with E-state index in [0.717, 1.165) is 11.3 Å². The first-order valence-corrected chi connectivity index (χ1v) is 11.9. The molecule has 2 aromatic carbocycles. The normalized spacial score (nSPS) is 14.3. The average molecular weight is 513 g/mol. The van der Waals surface area contributed by atoms with Crippen LogP contribution < -0.4 is 4.74 Å². The SMILES string of the molecule is COc1ccc(-c2noc(C3CCN(C(=O)c4c(-c5c(Cl)cccc5Cl)noc4C)CC3)n2)cc1. The summed E-state index contributed by atoms with van der Waals surface area (Å²) in [5, 5.41) is 9.04. The van der Waals surface area contributed by atoms with Crippen LogP contribution in [-0.2, 0) is 0 Å². The number of rotatable bonds is 5. The van der Waals surface area contributed by atoms with Crippen molar-refractivity contribution in [1.82, 2.24) is 20.2 Å². The fourth-order valence-electron chi connectivity index (χ4n) is 4.26. The Bertz CT molecular complexity index is 1340. The van der Waals surface area contributed by atoms with Gasteiger partial charge in [0.2, 0.25) is 11.7 Å². The second-order valence-corrected chi connectivity index (χ2v) is 9.12. The molecular weight excluding hydrogens is 491 g/mol. The smallest absolute Gasteiger partial charge is 0.259 e. The Morgan fingerprint density at radius 3 is 2.37 bits per heavy atom. The van der Waals surface area contributed by atoms with Gasteiger partial charge in [0.15, 0.2) is 0 Å². The lowest BCUT2D eigenvalue weighted by Gasteiger charge is -2.30. The van der Waals surface area contributed by atoms with Gasteiger partial charge in [-0.05, 0) is 56.2 Å². The van der Waals surface area contributed by atoms with Gasteiger partial charge in [-0.25, -0.2) is 0 Å². The van der Waals surface area contributed by atoms with Crippen LogP contribution in [0.1, 0.15) is 40.8 Å². The van der Waals surface area contributed by atoms with E-state index >= 15 is 0 Å². The largest absolute Gasteiger partial charge is 0.497 e. The monoisotopic (exact) mass is 512 g/mol. The van der Waals surface area contributed by atoms with Crippen molar-refractivity contribution in [3.63, 3.8) is 0 Å². The van der Waals surface area contributed by atoms with E-state index in [2.05, 4.69) is 15.3 Å². The fourth-order valence-corrected chi connectivity index (χ4v) is 4.84. The number of likely N-dealkylation sites (tertiary alicyclic amines) is 1. The second-order valence-electron chi connectivity index (χ2n) is 8.31. The molecule has 10 heteroatoms. The molecule has 0 bridgehead atoms. The van der Waals surface area contributed by atoms with Crippen LogP contribution in [0.2, 0.25) is 10.0 Å². The predicted octanol–water partition coefficient (Wildman–Crippen LogP) is 6.04. The number of carbonyl (C=O) groups excluding carboxylic acids is 1. The summed E-state index contributed by atoms with van der Waals surface area (Å²) in [6, 6.07) is 12.6. The summed E-state index contributed by atoms with van der Waals surface area (Å²) in [4.78, 5) is 19.8. The molecule has 0 atom stereocenters. The summed E-state index contributed by atoms with van der Waals surface area (Å²) in [5.74, 6) is 2.19. The average Bonchev–Trinajstić information content (AvgIpc) is 3.51. The Kier molecular flexibility index (Phi) is 6.49. The van der Waals surface area contributed by atoms with Gasteiger partial charge in [-0.15, -0.1) is 0 Å². The number of halogens is 2. The summed E-state index contributed by atoms with van der Waals surface area (Å²) in [6.45, 7) is 2.77. The lowest BCUT2D eigenvalue weighted by atomic mass is 9.95. The van der Waals surface area contributed by atoms with Gasteiger partial charge >= 0.3 is 0 Å². The van der Waals surface area contributed by atoms with E-state index in [0.29, 0.717) is 70.3 Å². The maximum atomic E-state index is 13.5. The van der Waals surface area contributed by atoms with E-state index in [1.807, 2.05) is 24.3 Å². The van der Waals surface area contributed by atoms with Gasteiger partial charge in [0.05, 0.1) is 17.2 Å². The van der Waals surface area contributed by atoms with E-state index in [4.69, 9.17) is 37.0 Å². The van der Waals surface area contributed by atoms with E-state index in [-0.39, 0.29) is 11.8 Å². The minimum absolute atomic E-state index is 0.0691. The number of hydrogen-bond donors (Lipinski definition) is 0. The molecule has 1 fully saturated rings. The van der Waals surface area contributed by atoms with Crippen molar-refractivity contribution < 1.29 is 18.6 Å². The zero-order valence-electron chi connectivity index (χ0n) is 19.1. The highest BCUT2D eigenvalue weighted by molar-refractivity contribution is 6.39. The maximum absolute atomic E-state index is 13.5. The lowest BCUT2D eigenvalue weighted by molar-refractivity contribution is 0.0703. The summed E-state index contributed by atoms with van der Waals surface area (Å²) < 4.78 is 16.1. The zero-order chi connectivity index (χ0) is 24.5. The van der Waals surface area contributed by atoms with Crippen LogP contribution in [-0.4, -0.2) is 46.3 Å². The molecule has 8 nitrogen and oxygen atoms in total. The van der Waals surface area contributed by atoms with Crippen molar-refractivity contribution >= 4 is 29.1 Å². The van der Waals surface area contributed by atoms with Gasteiger partial charge in [-0.1, -0.05) is 39.6 Å². The number of nitrogens with zero attached hydrogens (tertiary/aromatic N) is 4. The molecule has 1 amide bonds. The standard InChI is InChI=1S/C25H22Cl2N4O4/c1-14-20(22(29-34-14)21-18(26)4-3-5-19(21)27)25(32)31-12-10-16(11-13-31)24-28-23(30-35-24)15-6-8-17(33-2)9-7-15/h3-9,16H,10-13H2,1-2H3. The Morgan fingerprint density at radius 1 is 1.03 bits per heavy atom. The quantitative estimate of drug-likeness (QED) is 0.321. The Balaban J connectivity index is 1.30. The third kappa shape index (κ3) is 4.51. The van der Waals surface area contributed by atoms with Crippen molar-refractivity contribution in [3.05, 3.63) is 69.7 Å². The predicted molar refractivity (Wildman–Crippen MR) is 131 cm³/mol. The Hall–Kier alpha value is -3.36. The lowest BCUT2D eigenvalue weighted by Crippen LogP contribution is -2.38. The molecule has 4 aromatic rings. The number of aromatic nitrogens is 3. The number of carbonyl (C=O) groups is 1. The number of methoxy groups -OCH3 is 1. The number of aryl methyl sites for hydroxylation is 1. The summed E-state index contributed by atoms with van der Waals surface area (Å²) in [7, 11) is 1.62. The molecule has 180 valence electrons. The topological polar surface area (TPSA) is 94.5 Å². The molecule has 0 saturated carbocycles. The number of benzene rings is 2. The molecule has 0 radical (unpaired) electrons. The third-order valence-corrected chi connectivity index (χ3v) is 6.83. The molecule has 3 heterocycles. The van der Waals surface area contributed by atoms with Gasteiger partial charge in [0.1, 0.15) is 22.8 Å². The van der Waals surface area contributed by atoms with Crippen molar-refractivity contribution in [2.24, 2.45) is 0 Å². The van der Waals surface area contributed by atoms with Crippen LogP contribution in [0.25, 0.3) is 22.6 Å². The highest BCUT2D eigenvalue weighted by Crippen LogP contribution is 2.38. The molecule has 0 aliphatic carbocycles. The summed E-state index contributed by atoms with van der Waals surface area (Å²) >= 11 is 12.7. The maximum Gasteiger partial charge on any atom is 0.259 e. The summed E-state index contributed by atoms with van der Waals surface area (Å²) in [5.41, 5.74) is 2.06. The number of hydrogen-bond acceptors (Lipinski definition) is 7. The first-order valence-electron chi connectivity index (χ1n) is 11.1. The molecule has 1 aliphatic heterocycles. The number of ether oxygens (including phenoxy) is 1. The molecular formula is C25H22Cl2N4O4. The Labute approximate surface area is 211 Å². The highest BCUT2D eigenvalue weighted by atomic mass is 35.5. The molecule has 1 saturated heterocycles. The second kappa shape index (κ2) is 9.71. The van der Waals surface area contributed by atoms with Crippen molar-refractivity contribution in [3.8, 4) is 28.4 Å². The molecule has 35 heavy (non-hydrogen) atoms. The first kappa shape index (κ1) is 23.4. The van der Waals surface area contributed by atoms with Gasteiger partial charge < -0.3 is 18.7 Å². The van der Waals surface area contributed by atoms with Gasteiger partial charge in [0.25, 0.3) is 5.91 Å². The highest BCUT2D eigenvalue weighted by Gasteiger charge is 2.32. The van der Waals surface area contributed by atoms with Crippen LogP contribution in [0, 0.1) is 6.92 Å². The first-order chi connectivity index (χ1) is 17.0. The van der Waals surface area contributed by atoms with Crippen LogP contribution in [0.15, 0.2) is 51.5 Å². The molecule has 0 spiro atoms. The molecule has 5 rings (SSSR count). The number of piperidine rings is 1. The Morgan fingerprint density at radius 2 is 1.71 bits per heavy atom. The van der Waals surface area contributed by atoms with Crippen LogP contribution in [0.3, 0.4) is 0 Å². The summed E-state index contributed by atoms with van der Waals surface area (Å²) in [6.07, 6.45) is 1.39. The van der Waals surface area contributed by atoms with Gasteiger partial charge in [-0.3, -0.25) is 4.79 Å². The molecule has 0 N–H and O–H groups in total. The minimum atomic E-state index is -0.169. The van der Waals surface area contributed by atoms with Crippen molar-refractivity contribution in [1.29, 1.82) is 0 Å². The van der Waals surface area contributed by atoms with Gasteiger partial charge in [0, 0.05) is 30.1 Å². The van der Waals surface area contributed by atoms with Crippen molar-refractivity contribution in [2.45, 2.75) is 25.7 Å². The molecule has 1 aliphatic rings.